The van der Waals surface area contributed by atoms with Crippen LogP contribution in [0.2, 0.25) is 0 Å². The van der Waals surface area contributed by atoms with E-state index in [-0.39, 0.29) is 24.0 Å². The summed E-state index contributed by atoms with van der Waals surface area (Å²) in [7, 11) is 2.15. The fraction of sp³-hybridized carbons (Fsp3) is 0.583. The molecule has 1 aromatic carbocycles. The van der Waals surface area contributed by atoms with Gasteiger partial charge in [0.25, 0.3) is 0 Å². The molecule has 0 aliphatic carbocycles. The van der Waals surface area contributed by atoms with Gasteiger partial charge >= 0.3 is 18.0 Å². The maximum Gasteiger partial charge on any atom is 0.408 e. The summed E-state index contributed by atoms with van der Waals surface area (Å²) in [4.78, 5) is 47.9. The molecule has 0 bridgehead atoms. The normalized spacial score (nSPS) is 13.9. The van der Waals surface area contributed by atoms with Gasteiger partial charge in [0, 0.05) is 11.5 Å². The molecule has 2 amide bonds. The largest absolute Gasteiger partial charge is 0.480 e. The second-order valence-corrected chi connectivity index (χ2v) is 12.0. The van der Waals surface area contributed by atoms with Gasteiger partial charge in [-0.3, -0.25) is 4.79 Å². The van der Waals surface area contributed by atoms with Gasteiger partial charge in [0.2, 0.25) is 5.91 Å². The maximum atomic E-state index is 12.8. The number of nitrogens with one attached hydrogen (secondary N) is 2. The Kier molecular flexibility index (Phi) is 13.7. The minimum Gasteiger partial charge on any atom is -0.480 e. The molecule has 4 N–H and O–H groups in total. The Bertz CT molecular complexity index is 861. The van der Waals surface area contributed by atoms with Crippen molar-refractivity contribution in [2.24, 2.45) is 5.92 Å². The second-order valence-electron chi connectivity index (χ2n) is 9.42. The first kappa shape index (κ1) is 31.6. The zero-order valence-corrected chi connectivity index (χ0v) is 22.8. The number of aliphatic carboxylic acids is 2. The maximum absolute atomic E-state index is 12.8. The minimum atomic E-state index is -1.25. The average molecular weight is 545 g/mol. The van der Waals surface area contributed by atoms with E-state index in [4.69, 9.17) is 9.47 Å². The van der Waals surface area contributed by atoms with E-state index in [0.717, 1.165) is 27.2 Å². The van der Waals surface area contributed by atoms with Crippen LogP contribution in [0.25, 0.3) is 0 Å². The fourth-order valence-corrected chi connectivity index (χ4v) is 5.06. The Hall–Kier alpha value is -2.44. The van der Waals surface area contributed by atoms with Crippen LogP contribution in [-0.4, -0.2) is 69.4 Å². The van der Waals surface area contributed by atoms with Crippen molar-refractivity contribution in [2.45, 2.75) is 71.4 Å². The highest BCUT2D eigenvalue weighted by molar-refractivity contribution is 8.76. The number of rotatable bonds is 15. The standard InChI is InChI=1S/C24H36N2O8S2/c1-15(2)11-19(33-12-16-9-7-6-8-10-16)20(27)25-17(21(28)29)13-35-36-14-18(22(30)31)26-23(32)34-24(3,4)5/h6-10,15,17-19H,11-14H2,1-5H3,(H,25,27)(H,26,32)(H,28,29)(H,30,31)/t17-,18-,19+/m1/s1. The molecule has 0 saturated heterocycles. The molecule has 0 spiro atoms. The highest BCUT2D eigenvalue weighted by Crippen LogP contribution is 2.23. The van der Waals surface area contributed by atoms with Crippen molar-refractivity contribution in [2.75, 3.05) is 11.5 Å². The predicted molar refractivity (Wildman–Crippen MR) is 140 cm³/mol. The number of carbonyl (C=O) groups is 4. The molecule has 0 unspecified atom stereocenters. The molecule has 3 atom stereocenters. The molecule has 10 nitrogen and oxygen atoms in total. The van der Waals surface area contributed by atoms with Gasteiger partial charge < -0.3 is 30.3 Å². The average Bonchev–Trinajstić information content (AvgIpc) is 2.76. The quantitative estimate of drug-likeness (QED) is 0.191. The molecule has 0 fully saturated rings. The van der Waals surface area contributed by atoms with E-state index >= 15 is 0 Å². The monoisotopic (exact) mass is 544 g/mol. The van der Waals surface area contributed by atoms with Crippen molar-refractivity contribution in [3.05, 3.63) is 35.9 Å². The van der Waals surface area contributed by atoms with Gasteiger partial charge in [-0.1, -0.05) is 65.8 Å². The highest BCUT2D eigenvalue weighted by Gasteiger charge is 2.28. The molecule has 0 aromatic heterocycles. The van der Waals surface area contributed by atoms with Crippen molar-refractivity contribution in [3.8, 4) is 0 Å². The summed E-state index contributed by atoms with van der Waals surface area (Å²) in [5, 5.41) is 23.7. The van der Waals surface area contributed by atoms with Crippen LogP contribution < -0.4 is 10.6 Å². The van der Waals surface area contributed by atoms with E-state index in [9.17, 15) is 29.4 Å². The first-order valence-corrected chi connectivity index (χ1v) is 13.9. The highest BCUT2D eigenvalue weighted by atomic mass is 33.1. The molecule has 0 heterocycles. The molecule has 0 radical (unpaired) electrons. The number of ether oxygens (including phenoxy) is 2. The number of carboxylic acids is 2. The van der Waals surface area contributed by atoms with Gasteiger partial charge in [-0.15, -0.1) is 0 Å². The first-order chi connectivity index (χ1) is 16.8. The molecule has 1 rings (SSSR count). The van der Waals surface area contributed by atoms with Crippen LogP contribution in [0.3, 0.4) is 0 Å². The van der Waals surface area contributed by atoms with E-state index in [1.807, 2.05) is 44.2 Å². The minimum absolute atomic E-state index is 0.0163. The SMILES string of the molecule is CC(C)C[C@H](OCc1ccccc1)C(=O)N[C@H](CSSC[C@@H](NC(=O)OC(C)(C)C)C(=O)O)C(=O)O. The van der Waals surface area contributed by atoms with Crippen LogP contribution >= 0.6 is 21.6 Å². The molecule has 202 valence electrons. The summed E-state index contributed by atoms with van der Waals surface area (Å²) < 4.78 is 10.9. The third-order valence-electron chi connectivity index (χ3n) is 4.43. The molecular formula is C24H36N2O8S2. The van der Waals surface area contributed by atoms with Crippen molar-refractivity contribution >= 4 is 45.5 Å². The molecule has 0 aliphatic rings. The number of carboxylic acid groups (broad SMARTS) is 2. The number of alkyl carbamates (subject to hydrolysis) is 1. The Morgan fingerprint density at radius 1 is 0.917 bits per heavy atom. The van der Waals surface area contributed by atoms with E-state index in [1.54, 1.807) is 20.8 Å². The summed E-state index contributed by atoms with van der Waals surface area (Å²) in [5.74, 6) is -2.88. The van der Waals surface area contributed by atoms with Gasteiger partial charge in [-0.2, -0.15) is 0 Å². The third-order valence-corrected chi connectivity index (χ3v) is 6.85. The number of hydrogen-bond acceptors (Lipinski definition) is 8. The second kappa shape index (κ2) is 15.6. The molecule has 0 saturated carbocycles. The number of hydrogen-bond donors (Lipinski definition) is 4. The summed E-state index contributed by atoms with van der Waals surface area (Å²) in [6.45, 7) is 9.08. The molecular weight excluding hydrogens is 508 g/mol. The third kappa shape index (κ3) is 13.6. The zero-order valence-electron chi connectivity index (χ0n) is 21.2. The van der Waals surface area contributed by atoms with Crippen molar-refractivity contribution in [1.29, 1.82) is 0 Å². The van der Waals surface area contributed by atoms with E-state index in [1.165, 1.54) is 0 Å². The van der Waals surface area contributed by atoms with Crippen molar-refractivity contribution < 1.29 is 38.9 Å². The van der Waals surface area contributed by atoms with Gasteiger partial charge in [-0.25, -0.2) is 14.4 Å². The first-order valence-electron chi connectivity index (χ1n) is 11.4. The lowest BCUT2D eigenvalue weighted by molar-refractivity contribution is -0.144. The van der Waals surface area contributed by atoms with Gasteiger partial charge in [0.15, 0.2) is 0 Å². The summed E-state index contributed by atoms with van der Waals surface area (Å²) >= 11 is 0. The van der Waals surface area contributed by atoms with Crippen LogP contribution in [0.5, 0.6) is 0 Å². The lowest BCUT2D eigenvalue weighted by Crippen LogP contribution is -2.48. The van der Waals surface area contributed by atoms with Gasteiger partial charge in [0.05, 0.1) is 6.61 Å². The summed E-state index contributed by atoms with van der Waals surface area (Å²) in [6, 6.07) is 6.93. The molecule has 0 aliphatic heterocycles. The van der Waals surface area contributed by atoms with Crippen molar-refractivity contribution in [3.63, 3.8) is 0 Å². The van der Waals surface area contributed by atoms with E-state index < -0.39 is 47.7 Å². The van der Waals surface area contributed by atoms with Crippen LogP contribution in [0.1, 0.15) is 46.6 Å². The number of amides is 2. The Morgan fingerprint density at radius 2 is 1.44 bits per heavy atom. The van der Waals surface area contributed by atoms with Crippen LogP contribution in [0.4, 0.5) is 4.79 Å². The Labute approximate surface area is 219 Å². The molecule has 36 heavy (non-hydrogen) atoms. The smallest absolute Gasteiger partial charge is 0.408 e. The van der Waals surface area contributed by atoms with Crippen LogP contribution in [0.15, 0.2) is 30.3 Å². The number of carbonyl (C=O) groups excluding carboxylic acids is 2. The summed E-state index contributed by atoms with van der Waals surface area (Å²) in [5.41, 5.74) is 0.119. The topological polar surface area (TPSA) is 151 Å². The lowest BCUT2D eigenvalue weighted by Gasteiger charge is -2.22. The predicted octanol–water partition coefficient (Wildman–Crippen LogP) is 3.55. The van der Waals surface area contributed by atoms with Crippen molar-refractivity contribution in [1.82, 2.24) is 10.6 Å². The molecule has 1 aromatic rings. The Balaban J connectivity index is 2.62. The summed E-state index contributed by atoms with van der Waals surface area (Å²) in [6.07, 6.45) is -1.26. The fourth-order valence-electron chi connectivity index (χ4n) is 2.75. The zero-order chi connectivity index (χ0) is 27.3. The lowest BCUT2D eigenvalue weighted by atomic mass is 10.0. The van der Waals surface area contributed by atoms with E-state index in [0.29, 0.717) is 6.42 Å². The van der Waals surface area contributed by atoms with Gasteiger partial charge in [-0.05, 0) is 38.7 Å². The van der Waals surface area contributed by atoms with E-state index in [2.05, 4.69) is 10.6 Å². The molecule has 12 heteroatoms. The number of benzene rings is 1. The van der Waals surface area contributed by atoms with Gasteiger partial charge in [0.1, 0.15) is 23.8 Å². The van der Waals surface area contributed by atoms with Crippen LogP contribution in [-0.2, 0) is 30.5 Å². The Morgan fingerprint density at radius 3 is 1.92 bits per heavy atom. The van der Waals surface area contributed by atoms with Crippen LogP contribution in [0, 0.1) is 5.92 Å².